The molecule has 2 atom stereocenters. The first-order valence-electron chi connectivity index (χ1n) is 14.4. The molecule has 0 bridgehead atoms. The summed E-state index contributed by atoms with van der Waals surface area (Å²) < 4.78 is 11.0. The maximum absolute atomic E-state index is 13.6. The second-order valence-electron chi connectivity index (χ2n) is 12.6. The number of benzene rings is 2. The number of carbonyl (C=O) groups excluding carboxylic acids is 4. The fourth-order valence-electron chi connectivity index (χ4n) is 4.86. The van der Waals surface area contributed by atoms with E-state index in [1.54, 1.807) is 84.0 Å². The molecule has 45 heavy (non-hydrogen) atoms. The zero-order chi connectivity index (χ0) is 33.7. The van der Waals surface area contributed by atoms with Crippen LogP contribution in [-0.2, 0) is 25.7 Å². The van der Waals surface area contributed by atoms with Gasteiger partial charge in [-0.1, -0.05) is 63.2 Å². The minimum atomic E-state index is -1.63. The number of imide groups is 1. The van der Waals surface area contributed by atoms with E-state index in [2.05, 4.69) is 0 Å². The molecule has 0 aliphatic carbocycles. The minimum Gasteiger partial charge on any atom is -0.480 e. The highest BCUT2D eigenvalue weighted by Crippen LogP contribution is 2.30. The monoisotopic (exact) mass is 625 g/mol. The van der Waals surface area contributed by atoms with E-state index < -0.39 is 65.6 Å². The van der Waals surface area contributed by atoms with E-state index in [0.29, 0.717) is 15.5 Å². The van der Waals surface area contributed by atoms with Gasteiger partial charge in [0.2, 0.25) is 0 Å². The van der Waals surface area contributed by atoms with Crippen LogP contribution in [-0.4, -0.2) is 85.3 Å². The van der Waals surface area contributed by atoms with Gasteiger partial charge in [0, 0.05) is 6.54 Å². The summed E-state index contributed by atoms with van der Waals surface area (Å²) in [4.78, 5) is 78.8. The van der Waals surface area contributed by atoms with Gasteiger partial charge in [-0.2, -0.15) is 5.01 Å². The third-order valence-corrected chi connectivity index (χ3v) is 6.83. The number of carboxylic acid groups (broad SMARTS) is 2. The number of hydrogen-bond acceptors (Lipinski definition) is 8. The van der Waals surface area contributed by atoms with Crippen LogP contribution >= 0.6 is 0 Å². The second-order valence-corrected chi connectivity index (χ2v) is 12.6. The average Bonchev–Trinajstić information content (AvgIpc) is 3.18. The molecular formula is C32H39N3O10. The normalized spacial score (nSPS) is 14.3. The van der Waals surface area contributed by atoms with Crippen LogP contribution in [0.3, 0.4) is 0 Å². The molecule has 0 saturated heterocycles. The van der Waals surface area contributed by atoms with Crippen molar-refractivity contribution >= 4 is 35.9 Å². The summed E-state index contributed by atoms with van der Waals surface area (Å²) in [5.74, 6) is -4.42. The van der Waals surface area contributed by atoms with Crippen molar-refractivity contribution in [3.05, 3.63) is 71.3 Å². The minimum absolute atomic E-state index is 0.0749. The number of carbonyl (C=O) groups is 6. The quantitative estimate of drug-likeness (QED) is 0.276. The third kappa shape index (κ3) is 8.37. The van der Waals surface area contributed by atoms with Gasteiger partial charge in [0.15, 0.2) is 6.04 Å². The van der Waals surface area contributed by atoms with Crippen molar-refractivity contribution < 1.29 is 48.5 Å². The highest BCUT2D eigenvalue weighted by atomic mass is 16.6. The van der Waals surface area contributed by atoms with Crippen LogP contribution in [0.2, 0.25) is 0 Å². The molecule has 0 fully saturated rings. The molecule has 1 aliphatic heterocycles. The summed E-state index contributed by atoms with van der Waals surface area (Å²) in [6, 6.07) is 11.4. The number of ether oxygens (including phenoxy) is 2. The molecule has 1 heterocycles. The zero-order valence-electron chi connectivity index (χ0n) is 26.2. The molecule has 0 aromatic heterocycles. The Morgan fingerprint density at radius 1 is 0.800 bits per heavy atom. The molecule has 0 radical (unpaired) electrons. The first-order valence-corrected chi connectivity index (χ1v) is 14.4. The Balaban J connectivity index is 1.95. The summed E-state index contributed by atoms with van der Waals surface area (Å²) in [5, 5.41) is 21.7. The van der Waals surface area contributed by atoms with Gasteiger partial charge in [-0.3, -0.25) is 14.5 Å². The first-order chi connectivity index (χ1) is 20.9. The summed E-state index contributed by atoms with van der Waals surface area (Å²) >= 11 is 0. The largest absolute Gasteiger partial charge is 0.480 e. The van der Waals surface area contributed by atoms with E-state index >= 15 is 0 Å². The lowest BCUT2D eigenvalue weighted by atomic mass is 9.86. The highest BCUT2D eigenvalue weighted by molar-refractivity contribution is 6.22. The molecule has 13 nitrogen and oxygen atoms in total. The molecule has 242 valence electrons. The van der Waals surface area contributed by atoms with E-state index in [9.17, 15) is 39.0 Å². The van der Waals surface area contributed by atoms with E-state index in [-0.39, 0.29) is 30.6 Å². The maximum Gasteiger partial charge on any atom is 0.430 e. The van der Waals surface area contributed by atoms with Crippen molar-refractivity contribution in [2.24, 2.45) is 5.41 Å². The van der Waals surface area contributed by atoms with Crippen molar-refractivity contribution in [1.29, 1.82) is 0 Å². The Kier molecular flexibility index (Phi) is 10.6. The molecule has 0 spiro atoms. The first kappa shape index (κ1) is 34.5. The predicted octanol–water partition coefficient (Wildman–Crippen LogP) is 4.81. The van der Waals surface area contributed by atoms with Gasteiger partial charge in [-0.25, -0.2) is 24.2 Å². The van der Waals surface area contributed by atoms with Crippen molar-refractivity contribution in [3.63, 3.8) is 0 Å². The fourth-order valence-corrected chi connectivity index (χ4v) is 4.86. The standard InChI is InChI=1S/C32H39N3O10/c1-31(2,3)24(28(40)41)35(30(43)44-19-20-13-8-7-9-14-20)33(29(42)45-32(4,5)6)18-12-17-23(27(38)39)34-25(36)21-15-10-11-16-22(21)26(34)37/h7-11,13-16,23-24H,12,17-19H2,1-6H3,(H,38,39)(H,40,41). The average molecular weight is 626 g/mol. The molecule has 13 heteroatoms. The van der Waals surface area contributed by atoms with E-state index in [4.69, 9.17) is 9.47 Å². The van der Waals surface area contributed by atoms with E-state index in [1.807, 2.05) is 0 Å². The number of aliphatic carboxylic acids is 2. The molecule has 4 amide bonds. The molecule has 3 rings (SSSR count). The Morgan fingerprint density at radius 3 is 1.80 bits per heavy atom. The van der Waals surface area contributed by atoms with Gasteiger partial charge in [0.1, 0.15) is 18.2 Å². The van der Waals surface area contributed by atoms with Crippen LogP contribution in [0.4, 0.5) is 9.59 Å². The molecule has 0 saturated carbocycles. The van der Waals surface area contributed by atoms with Crippen molar-refractivity contribution in [2.45, 2.75) is 78.7 Å². The topological polar surface area (TPSA) is 171 Å². The van der Waals surface area contributed by atoms with Gasteiger partial charge >= 0.3 is 24.1 Å². The second kappa shape index (κ2) is 13.8. The lowest BCUT2D eigenvalue weighted by Gasteiger charge is -2.42. The Labute approximate surface area is 261 Å². The SMILES string of the molecule is CC(C)(C)OC(=O)N(CCCC(C(=O)O)N1C(=O)c2ccccc2C1=O)N(C(=O)OCc1ccccc1)C(C(=O)O)C(C)(C)C. The molecule has 2 aromatic rings. The molecule has 2 unspecified atom stereocenters. The number of hydrazine groups is 1. The van der Waals surface area contributed by atoms with E-state index in [0.717, 1.165) is 5.01 Å². The fraction of sp³-hybridized carbons (Fsp3) is 0.438. The van der Waals surface area contributed by atoms with Crippen LogP contribution in [0.25, 0.3) is 0 Å². The summed E-state index contributed by atoms with van der Waals surface area (Å²) in [6.07, 6.45) is -2.73. The maximum atomic E-state index is 13.6. The number of amides is 4. The Morgan fingerprint density at radius 2 is 1.33 bits per heavy atom. The predicted molar refractivity (Wildman–Crippen MR) is 160 cm³/mol. The molecule has 2 aromatic carbocycles. The van der Waals surface area contributed by atoms with Gasteiger partial charge in [-0.05, 0) is 56.7 Å². The lowest BCUT2D eigenvalue weighted by molar-refractivity contribution is -0.157. The lowest BCUT2D eigenvalue weighted by Crippen LogP contribution is -2.62. The number of nitrogens with zero attached hydrogens (tertiary/aromatic N) is 3. The van der Waals surface area contributed by atoms with E-state index in [1.165, 1.54) is 12.1 Å². The van der Waals surface area contributed by atoms with Crippen LogP contribution in [0.1, 0.15) is 80.7 Å². The summed E-state index contributed by atoms with van der Waals surface area (Å²) in [7, 11) is 0. The van der Waals surface area contributed by atoms with Crippen molar-refractivity contribution in [3.8, 4) is 0 Å². The Hall–Kier alpha value is -4.94. The number of hydrogen-bond donors (Lipinski definition) is 2. The van der Waals surface area contributed by atoms with Gasteiger partial charge < -0.3 is 19.7 Å². The van der Waals surface area contributed by atoms with Crippen LogP contribution in [0.5, 0.6) is 0 Å². The number of fused-ring (bicyclic) bond motifs is 1. The summed E-state index contributed by atoms with van der Waals surface area (Å²) in [5.41, 5.74) is -1.42. The van der Waals surface area contributed by atoms with Crippen molar-refractivity contribution in [2.75, 3.05) is 6.54 Å². The highest BCUT2D eigenvalue weighted by Gasteiger charge is 2.47. The van der Waals surface area contributed by atoms with Crippen LogP contribution in [0, 0.1) is 5.41 Å². The van der Waals surface area contributed by atoms with Crippen LogP contribution < -0.4 is 0 Å². The molecular weight excluding hydrogens is 586 g/mol. The van der Waals surface area contributed by atoms with Crippen LogP contribution in [0.15, 0.2) is 54.6 Å². The zero-order valence-corrected chi connectivity index (χ0v) is 26.2. The van der Waals surface area contributed by atoms with Gasteiger partial charge in [0.05, 0.1) is 11.1 Å². The molecule has 2 N–H and O–H groups in total. The third-order valence-electron chi connectivity index (χ3n) is 6.83. The number of rotatable bonds is 10. The van der Waals surface area contributed by atoms with Crippen molar-refractivity contribution in [1.82, 2.24) is 14.9 Å². The number of carboxylic acids is 2. The Bertz CT molecular complexity index is 1410. The van der Waals surface area contributed by atoms with Gasteiger partial charge in [-0.15, -0.1) is 0 Å². The summed E-state index contributed by atoms with van der Waals surface area (Å²) in [6.45, 7) is 8.82. The van der Waals surface area contributed by atoms with Gasteiger partial charge in [0.25, 0.3) is 11.8 Å². The molecule has 1 aliphatic rings. The smallest absolute Gasteiger partial charge is 0.430 e.